The summed E-state index contributed by atoms with van der Waals surface area (Å²) in [4.78, 5) is 16.0. The first kappa shape index (κ1) is 15.8. The molecule has 0 atom stereocenters. The van der Waals surface area contributed by atoms with Crippen molar-refractivity contribution in [1.82, 2.24) is 0 Å². The molecule has 0 amide bonds. The van der Waals surface area contributed by atoms with Gasteiger partial charge in [0.2, 0.25) is 0 Å². The van der Waals surface area contributed by atoms with Gasteiger partial charge in [-0.3, -0.25) is 0 Å². The molecule has 0 saturated carbocycles. The van der Waals surface area contributed by atoms with Crippen LogP contribution >= 0.6 is 38.7 Å². The monoisotopic (exact) mass is 509 g/mol. The zero-order chi connectivity index (χ0) is 6.71. The molecule has 0 rings (SSSR count). The Kier molecular flexibility index (Phi) is 115. The summed E-state index contributed by atoms with van der Waals surface area (Å²) in [5.41, 5.74) is 0. The van der Waals surface area contributed by atoms with E-state index in [2.05, 4.69) is 38.7 Å². The van der Waals surface area contributed by atoms with Crippen LogP contribution in [0.2, 0.25) is 0 Å². The molecule has 48 valence electrons. The Morgan fingerprint density at radius 3 is 1.00 bits per heavy atom. The van der Waals surface area contributed by atoms with Gasteiger partial charge in [-0.15, -0.1) is 0 Å². The van der Waals surface area contributed by atoms with Gasteiger partial charge < -0.3 is 9.59 Å². The normalized spacial score (nSPS) is 4.29. The molecule has 7 heavy (non-hydrogen) atoms. The third-order valence-corrected chi connectivity index (χ3v) is 0. The molecule has 0 saturated heterocycles. The average Bonchev–Trinajstić information content (AvgIpc) is 1.78. The van der Waals surface area contributed by atoms with Crippen LogP contribution in [0.1, 0.15) is 0 Å². The maximum atomic E-state index is 8.00. The second-order valence-electron chi connectivity index (χ2n) is 0.0452. The Bertz CT molecular complexity index is 21.2. The fraction of sp³-hybridized carbons (Fsp3) is 0. The van der Waals surface area contributed by atoms with Gasteiger partial charge in [0.05, 0.1) is 0 Å². The van der Waals surface area contributed by atoms with E-state index < -0.39 is 0 Å². The van der Waals surface area contributed by atoms with E-state index in [0.29, 0.717) is 11.2 Å². The van der Waals surface area contributed by atoms with Crippen LogP contribution in [0.25, 0.3) is 0 Å². The molecule has 0 spiro atoms. The van der Waals surface area contributed by atoms with Crippen LogP contribution in [0.4, 0.5) is 0 Å². The summed E-state index contributed by atoms with van der Waals surface area (Å²) in [6, 6.07) is 0. The molecule has 0 radical (unpaired) electrons. The Hall–Kier alpha value is 1.49. The summed E-state index contributed by atoms with van der Waals surface area (Å²) >= 11 is 5.30. The van der Waals surface area contributed by atoms with Gasteiger partial charge in [0.25, 0.3) is 0 Å². The predicted octanol–water partition coefficient (Wildman–Crippen LogP) is 1.40. The summed E-state index contributed by atoms with van der Waals surface area (Å²) in [6.45, 7) is 4.00. The van der Waals surface area contributed by atoms with Crippen LogP contribution in [0.5, 0.6) is 0 Å². The summed E-state index contributed by atoms with van der Waals surface area (Å²) in [5, 5.41) is 0. The van der Waals surface area contributed by atoms with E-state index >= 15 is 0 Å². The summed E-state index contributed by atoms with van der Waals surface area (Å²) in [5.74, 6) is 0. The number of carbonyl (C=O) groups is 2. The molecule has 0 aromatic carbocycles. The average molecular weight is 509 g/mol. The maximum absolute atomic E-state index is 8.00. The zero-order valence-corrected chi connectivity index (χ0v) is 9.89. The predicted molar refractivity (Wildman–Crippen MR) is 42.3 cm³/mol. The molecular weight excluding hydrogens is 505 g/mol. The van der Waals surface area contributed by atoms with Crippen molar-refractivity contribution in [2.45, 2.75) is 0 Å². The van der Waals surface area contributed by atoms with Crippen molar-refractivity contribution in [2.75, 3.05) is 0 Å². The molecule has 0 bridgehead atoms. The summed E-state index contributed by atoms with van der Waals surface area (Å²) in [6.07, 6.45) is 0. The van der Waals surface area contributed by atoms with Crippen LogP contribution in [0.3, 0.4) is 0 Å². The molecule has 0 aromatic heterocycles. The number of halogens is 2. The van der Waals surface area contributed by atoms with E-state index in [1.165, 1.54) is 0 Å². The molecular formula is C2H4I2O2Pt. The van der Waals surface area contributed by atoms with Gasteiger partial charge in [0.1, 0.15) is 13.6 Å². The van der Waals surface area contributed by atoms with Crippen molar-refractivity contribution in [3.8, 4) is 0 Å². The van der Waals surface area contributed by atoms with Crippen LogP contribution in [0.15, 0.2) is 0 Å². The third kappa shape index (κ3) is 102. The third-order valence-electron chi connectivity index (χ3n) is 0. The molecule has 5 heteroatoms. The van der Waals surface area contributed by atoms with Crippen molar-refractivity contribution in [1.29, 1.82) is 0 Å². The SMILES string of the molecule is C=O.C=O.[I][Pt][I]. The van der Waals surface area contributed by atoms with Crippen molar-refractivity contribution in [2.24, 2.45) is 0 Å². The molecule has 0 unspecified atom stereocenters. The van der Waals surface area contributed by atoms with Crippen LogP contribution in [0, 0.1) is 0 Å². The van der Waals surface area contributed by atoms with E-state index in [1.54, 1.807) is 0 Å². The van der Waals surface area contributed by atoms with Gasteiger partial charge in [0, 0.05) is 0 Å². The van der Waals surface area contributed by atoms with Gasteiger partial charge in [-0.05, 0) is 0 Å². The Morgan fingerprint density at radius 2 is 1.00 bits per heavy atom. The second kappa shape index (κ2) is 50.9. The molecule has 0 N–H and O–H groups in total. The first-order valence-corrected chi connectivity index (χ1v) is 13.7. The van der Waals surface area contributed by atoms with Gasteiger partial charge in [-0.25, -0.2) is 0 Å². The summed E-state index contributed by atoms with van der Waals surface area (Å²) < 4.78 is 0. The molecule has 0 heterocycles. The van der Waals surface area contributed by atoms with Gasteiger partial charge >= 0.3 is 49.9 Å². The van der Waals surface area contributed by atoms with Crippen molar-refractivity contribution < 1.29 is 20.8 Å². The van der Waals surface area contributed by atoms with E-state index in [0.717, 1.165) is 0 Å². The minimum absolute atomic E-state index is 0.523. The Morgan fingerprint density at radius 1 is 1.00 bits per heavy atom. The summed E-state index contributed by atoms with van der Waals surface area (Å²) in [7, 11) is 0. The number of rotatable bonds is 0. The molecule has 0 fully saturated rings. The Labute approximate surface area is 72.0 Å². The van der Waals surface area contributed by atoms with E-state index in [-0.39, 0.29) is 0 Å². The van der Waals surface area contributed by atoms with Gasteiger partial charge in [-0.2, -0.15) is 0 Å². The standard InChI is InChI=1S/2CH2O.2HI.Pt/c2*1-2;;;/h2*1H2;2*1H;/q;;;;+2/p-2. The second-order valence-corrected chi connectivity index (χ2v) is 16.6. The molecule has 0 aliphatic carbocycles. The first-order valence-electron chi connectivity index (χ1n) is 0.816. The molecule has 2 nitrogen and oxygen atoms in total. The minimum atomic E-state index is 0.523. The van der Waals surface area contributed by atoms with Gasteiger partial charge in [-0.1, -0.05) is 0 Å². The molecule has 0 aliphatic rings. The van der Waals surface area contributed by atoms with Crippen LogP contribution < -0.4 is 0 Å². The zero-order valence-electron chi connectivity index (χ0n) is 3.30. The fourth-order valence-electron chi connectivity index (χ4n) is 0. The number of hydrogen-bond acceptors (Lipinski definition) is 2. The number of carbonyl (C=O) groups excluding carboxylic acids is 2. The Balaban J connectivity index is -0.0000000360. The fourth-order valence-corrected chi connectivity index (χ4v) is 0. The molecule has 0 aliphatic heterocycles. The van der Waals surface area contributed by atoms with Crippen molar-refractivity contribution in [3.63, 3.8) is 0 Å². The quantitative estimate of drug-likeness (QED) is 0.464. The van der Waals surface area contributed by atoms with Crippen molar-refractivity contribution >= 4 is 52.3 Å². The van der Waals surface area contributed by atoms with Crippen LogP contribution in [-0.2, 0) is 20.8 Å². The molecule has 0 aromatic rings. The van der Waals surface area contributed by atoms with E-state index in [4.69, 9.17) is 9.59 Å². The first-order chi connectivity index (χ1) is 3.41. The van der Waals surface area contributed by atoms with E-state index in [9.17, 15) is 0 Å². The van der Waals surface area contributed by atoms with Gasteiger partial charge in [0.15, 0.2) is 0 Å². The number of hydrogen-bond donors (Lipinski definition) is 0. The van der Waals surface area contributed by atoms with Crippen LogP contribution in [-0.4, -0.2) is 13.6 Å². The topological polar surface area (TPSA) is 34.1 Å². The van der Waals surface area contributed by atoms with E-state index in [1.807, 2.05) is 13.6 Å². The van der Waals surface area contributed by atoms with Crippen molar-refractivity contribution in [3.05, 3.63) is 0 Å².